The molecule has 1 amide bonds. The molecule has 0 saturated carbocycles. The Morgan fingerprint density at radius 2 is 1.68 bits per heavy atom. The quantitative estimate of drug-likeness (QED) is 0.666. The molecule has 0 aliphatic rings. The third-order valence-electron chi connectivity index (χ3n) is 3.72. The number of nitrogens with one attached hydrogen (secondary N) is 2. The first-order valence-electron chi connectivity index (χ1n) is 7.87. The van der Waals surface area contributed by atoms with Gasteiger partial charge < -0.3 is 10.1 Å². The van der Waals surface area contributed by atoms with E-state index in [1.54, 1.807) is 12.1 Å². The number of hydrogen-bond donors (Lipinski definition) is 2. The van der Waals surface area contributed by atoms with Crippen LogP contribution in [-0.2, 0) is 15.7 Å². The van der Waals surface area contributed by atoms with Gasteiger partial charge in [0.15, 0.2) is 12.3 Å². The van der Waals surface area contributed by atoms with Crippen LogP contribution in [0, 0.1) is 0 Å². The summed E-state index contributed by atoms with van der Waals surface area (Å²) in [6.07, 6.45) is -4.48. The van der Waals surface area contributed by atoms with Crippen molar-refractivity contribution in [1.29, 1.82) is 0 Å². The number of nitrogens with zero attached hydrogens (tertiary/aromatic N) is 1. The van der Waals surface area contributed by atoms with Gasteiger partial charge in [0.2, 0.25) is 0 Å². The van der Waals surface area contributed by atoms with Crippen molar-refractivity contribution < 1.29 is 27.5 Å². The van der Waals surface area contributed by atoms with Gasteiger partial charge in [-0.3, -0.25) is 9.59 Å². The zero-order valence-electron chi connectivity index (χ0n) is 14.0. The third-order valence-corrected chi connectivity index (χ3v) is 3.72. The summed E-state index contributed by atoms with van der Waals surface area (Å²) in [5, 5.41) is 8.63. The number of ether oxygens (including phenoxy) is 1. The number of carbonyl (C=O) groups excluding carboxylic acids is 2. The topological polar surface area (TPSA) is 101 Å². The van der Waals surface area contributed by atoms with Gasteiger partial charge in [0, 0.05) is 11.1 Å². The van der Waals surface area contributed by atoms with E-state index < -0.39 is 35.8 Å². The monoisotopic (exact) mass is 391 g/mol. The van der Waals surface area contributed by atoms with Crippen LogP contribution in [0.25, 0.3) is 10.8 Å². The molecular weight excluding hydrogens is 379 g/mol. The number of aromatic nitrogens is 2. The zero-order chi connectivity index (χ0) is 20.3. The molecule has 28 heavy (non-hydrogen) atoms. The van der Waals surface area contributed by atoms with Crippen LogP contribution in [0.5, 0.6) is 0 Å². The number of hydrogen-bond acceptors (Lipinski definition) is 5. The molecule has 0 radical (unpaired) electrons. The molecule has 0 bridgehead atoms. The first-order valence-corrected chi connectivity index (χ1v) is 7.87. The van der Waals surface area contributed by atoms with Crippen LogP contribution >= 0.6 is 0 Å². The van der Waals surface area contributed by atoms with Gasteiger partial charge in [0.05, 0.1) is 10.9 Å². The number of amides is 1. The second-order valence-corrected chi connectivity index (χ2v) is 5.65. The zero-order valence-corrected chi connectivity index (χ0v) is 14.0. The standard InChI is InChI=1S/C18H12F3N3O4/c19-18(20,21)10-5-7-11(8-6-10)22-14(25)9-28-17(27)15-12-3-1-2-4-13(12)16(26)24-23-15/h1-8H,9H2,(H,22,25)(H,24,26). The average Bonchev–Trinajstić information content (AvgIpc) is 2.66. The van der Waals surface area contributed by atoms with Crippen molar-refractivity contribution in [2.24, 2.45) is 0 Å². The smallest absolute Gasteiger partial charge is 0.416 e. The van der Waals surface area contributed by atoms with Crippen molar-refractivity contribution in [3.8, 4) is 0 Å². The highest BCUT2D eigenvalue weighted by Crippen LogP contribution is 2.29. The first-order chi connectivity index (χ1) is 13.3. The van der Waals surface area contributed by atoms with Gasteiger partial charge in [-0.1, -0.05) is 18.2 Å². The van der Waals surface area contributed by atoms with Crippen LogP contribution in [0.15, 0.2) is 53.3 Å². The lowest BCUT2D eigenvalue weighted by molar-refractivity contribution is -0.137. The lowest BCUT2D eigenvalue weighted by atomic mass is 10.1. The van der Waals surface area contributed by atoms with Gasteiger partial charge in [-0.05, 0) is 30.3 Å². The lowest BCUT2D eigenvalue weighted by Gasteiger charge is -2.09. The van der Waals surface area contributed by atoms with Crippen LogP contribution in [0.1, 0.15) is 16.1 Å². The summed E-state index contributed by atoms with van der Waals surface area (Å²) in [6.45, 7) is -0.686. The highest BCUT2D eigenvalue weighted by Gasteiger charge is 2.30. The Kier molecular flexibility index (Phi) is 5.12. The minimum atomic E-state index is -4.48. The average molecular weight is 391 g/mol. The van der Waals surface area contributed by atoms with E-state index in [-0.39, 0.29) is 22.2 Å². The fraction of sp³-hybridized carbons (Fsp3) is 0.111. The SMILES string of the molecule is O=C(COC(=O)c1n[nH]c(=O)c2ccccc12)Nc1ccc(C(F)(F)F)cc1. The highest BCUT2D eigenvalue weighted by molar-refractivity contribution is 6.03. The Morgan fingerprint density at radius 3 is 2.32 bits per heavy atom. The molecule has 0 saturated heterocycles. The van der Waals surface area contributed by atoms with Gasteiger partial charge >= 0.3 is 12.1 Å². The molecule has 1 aromatic heterocycles. The van der Waals surface area contributed by atoms with Gasteiger partial charge in [-0.25, -0.2) is 9.89 Å². The van der Waals surface area contributed by atoms with E-state index in [0.717, 1.165) is 24.3 Å². The van der Waals surface area contributed by atoms with Crippen molar-refractivity contribution in [3.05, 3.63) is 70.1 Å². The Morgan fingerprint density at radius 1 is 1.04 bits per heavy atom. The van der Waals surface area contributed by atoms with Crippen LogP contribution in [-0.4, -0.2) is 28.7 Å². The summed E-state index contributed by atoms with van der Waals surface area (Å²) in [6, 6.07) is 10.0. The summed E-state index contributed by atoms with van der Waals surface area (Å²) >= 11 is 0. The van der Waals surface area contributed by atoms with Crippen molar-refractivity contribution in [1.82, 2.24) is 10.2 Å². The van der Waals surface area contributed by atoms with Crippen LogP contribution in [0.2, 0.25) is 0 Å². The molecule has 10 heteroatoms. The molecule has 7 nitrogen and oxygen atoms in total. The predicted molar refractivity (Wildman–Crippen MR) is 92.7 cm³/mol. The highest BCUT2D eigenvalue weighted by atomic mass is 19.4. The number of benzene rings is 2. The van der Waals surface area contributed by atoms with Crippen molar-refractivity contribution in [2.45, 2.75) is 6.18 Å². The fourth-order valence-electron chi connectivity index (χ4n) is 2.41. The minimum Gasteiger partial charge on any atom is -0.451 e. The molecule has 0 atom stereocenters. The van der Waals surface area contributed by atoms with E-state index in [4.69, 9.17) is 4.74 Å². The number of H-pyrrole nitrogens is 1. The first kappa shape index (κ1) is 19.1. The summed E-state index contributed by atoms with van der Waals surface area (Å²) in [5.74, 6) is -1.68. The summed E-state index contributed by atoms with van der Waals surface area (Å²) in [4.78, 5) is 35.7. The fourth-order valence-corrected chi connectivity index (χ4v) is 2.41. The third kappa shape index (κ3) is 4.17. The molecule has 0 fully saturated rings. The molecule has 0 aliphatic heterocycles. The van der Waals surface area contributed by atoms with Crippen LogP contribution in [0.3, 0.4) is 0 Å². The Bertz CT molecular complexity index is 1090. The molecule has 0 aliphatic carbocycles. The molecule has 2 aromatic carbocycles. The van der Waals surface area contributed by atoms with Gasteiger partial charge in [0.25, 0.3) is 11.5 Å². The number of esters is 1. The van der Waals surface area contributed by atoms with E-state index in [9.17, 15) is 27.6 Å². The second kappa shape index (κ2) is 7.51. The minimum absolute atomic E-state index is 0.113. The van der Waals surface area contributed by atoms with Crippen molar-refractivity contribution in [2.75, 3.05) is 11.9 Å². The van der Waals surface area contributed by atoms with Crippen molar-refractivity contribution >= 4 is 28.3 Å². The summed E-state index contributed by atoms with van der Waals surface area (Å²) in [5.41, 5.74) is -1.39. The predicted octanol–water partition coefficient (Wildman–Crippen LogP) is 2.74. The number of fused-ring (bicyclic) bond motifs is 1. The Hall–Kier alpha value is -3.69. The normalized spacial score (nSPS) is 11.2. The number of alkyl halides is 3. The van der Waals surface area contributed by atoms with E-state index in [1.165, 1.54) is 12.1 Å². The largest absolute Gasteiger partial charge is 0.451 e. The number of rotatable bonds is 4. The molecular formula is C18H12F3N3O4. The molecule has 0 unspecified atom stereocenters. The maximum atomic E-state index is 12.5. The number of aromatic amines is 1. The van der Waals surface area contributed by atoms with E-state index >= 15 is 0 Å². The molecule has 1 heterocycles. The molecule has 2 N–H and O–H groups in total. The van der Waals surface area contributed by atoms with Gasteiger partial charge in [0.1, 0.15) is 0 Å². The molecule has 3 rings (SSSR count). The lowest BCUT2D eigenvalue weighted by Crippen LogP contribution is -2.22. The number of carbonyl (C=O) groups is 2. The maximum absolute atomic E-state index is 12.5. The van der Waals surface area contributed by atoms with Gasteiger partial charge in [-0.2, -0.15) is 18.3 Å². The second-order valence-electron chi connectivity index (χ2n) is 5.65. The van der Waals surface area contributed by atoms with E-state index in [2.05, 4.69) is 15.5 Å². The number of anilines is 1. The van der Waals surface area contributed by atoms with E-state index in [1.807, 2.05) is 0 Å². The Balaban J connectivity index is 1.64. The molecule has 0 spiro atoms. The van der Waals surface area contributed by atoms with E-state index in [0.29, 0.717) is 0 Å². The molecule has 144 valence electrons. The van der Waals surface area contributed by atoms with Crippen LogP contribution < -0.4 is 10.9 Å². The maximum Gasteiger partial charge on any atom is 0.416 e. The summed E-state index contributed by atoms with van der Waals surface area (Å²) < 4.78 is 42.4. The molecule has 3 aromatic rings. The van der Waals surface area contributed by atoms with Crippen LogP contribution in [0.4, 0.5) is 18.9 Å². The summed E-state index contributed by atoms with van der Waals surface area (Å²) in [7, 11) is 0. The Labute approximate surface area is 155 Å². The van der Waals surface area contributed by atoms with Gasteiger partial charge in [-0.15, -0.1) is 0 Å². The number of halogens is 3. The van der Waals surface area contributed by atoms with Crippen molar-refractivity contribution in [3.63, 3.8) is 0 Å².